The lowest BCUT2D eigenvalue weighted by atomic mass is 10.00. The predicted molar refractivity (Wildman–Crippen MR) is 84.0 cm³/mol. The summed E-state index contributed by atoms with van der Waals surface area (Å²) in [5, 5.41) is 1.18. The molecule has 0 N–H and O–H groups in total. The van der Waals surface area contributed by atoms with Gasteiger partial charge in [-0.25, -0.2) is 9.55 Å². The molecule has 0 saturated carbocycles. The van der Waals surface area contributed by atoms with E-state index >= 15 is 0 Å². The number of pyridine rings is 1. The maximum atomic E-state index is 4.75. The molecule has 4 aromatic rings. The first-order chi connectivity index (χ1) is 10.2. The fourth-order valence-electron chi connectivity index (χ4n) is 2.92. The Morgan fingerprint density at radius 1 is 1.05 bits per heavy atom. The molecule has 3 nitrogen and oxygen atoms in total. The van der Waals surface area contributed by atoms with Crippen LogP contribution in [0.3, 0.4) is 0 Å². The van der Waals surface area contributed by atoms with Crippen molar-refractivity contribution >= 4 is 16.6 Å². The molecule has 0 aliphatic carbocycles. The second kappa shape index (κ2) is 4.42. The van der Waals surface area contributed by atoms with E-state index in [4.69, 9.17) is 4.98 Å². The van der Waals surface area contributed by atoms with Gasteiger partial charge in [0.15, 0.2) is 6.20 Å². The highest BCUT2D eigenvalue weighted by Gasteiger charge is 2.16. The van der Waals surface area contributed by atoms with Crippen molar-refractivity contribution in [1.29, 1.82) is 0 Å². The SMILES string of the molecule is Cc1ccc2nc3cccn3cc2c1-c1cccc[n+]1C. The summed E-state index contributed by atoms with van der Waals surface area (Å²) in [5.74, 6) is 0. The normalized spacial score (nSPS) is 11.3. The maximum Gasteiger partial charge on any atom is 0.213 e. The Morgan fingerprint density at radius 3 is 2.81 bits per heavy atom. The van der Waals surface area contributed by atoms with Gasteiger partial charge in [-0.1, -0.05) is 6.07 Å². The molecule has 0 atom stereocenters. The zero-order valence-electron chi connectivity index (χ0n) is 12.1. The van der Waals surface area contributed by atoms with Gasteiger partial charge in [-0.05, 0) is 36.8 Å². The monoisotopic (exact) mass is 274 g/mol. The Bertz CT molecular complexity index is 967. The van der Waals surface area contributed by atoms with E-state index in [0.717, 1.165) is 11.2 Å². The second-order valence-electron chi connectivity index (χ2n) is 5.40. The lowest BCUT2D eigenvalue weighted by Gasteiger charge is -2.09. The Morgan fingerprint density at radius 2 is 1.95 bits per heavy atom. The Kier molecular flexibility index (Phi) is 2.54. The van der Waals surface area contributed by atoms with E-state index in [0.29, 0.717) is 0 Å². The third-order valence-electron chi connectivity index (χ3n) is 4.00. The third kappa shape index (κ3) is 1.82. The van der Waals surface area contributed by atoms with E-state index in [1.54, 1.807) is 0 Å². The molecule has 0 unspecified atom stereocenters. The Labute approximate surface area is 123 Å². The summed E-state index contributed by atoms with van der Waals surface area (Å²) in [6.07, 6.45) is 6.29. The van der Waals surface area contributed by atoms with Crippen LogP contribution >= 0.6 is 0 Å². The van der Waals surface area contributed by atoms with Gasteiger partial charge in [0.05, 0.1) is 11.1 Å². The fourth-order valence-corrected chi connectivity index (χ4v) is 2.92. The highest BCUT2D eigenvalue weighted by atomic mass is 15.0. The number of fused-ring (bicyclic) bond motifs is 2. The van der Waals surface area contributed by atoms with Gasteiger partial charge in [0, 0.05) is 29.9 Å². The average Bonchev–Trinajstić information content (AvgIpc) is 2.94. The molecule has 3 heteroatoms. The molecule has 0 amide bonds. The molecular weight excluding hydrogens is 258 g/mol. The van der Waals surface area contributed by atoms with Crippen molar-refractivity contribution in [1.82, 2.24) is 9.38 Å². The fraction of sp³-hybridized carbons (Fsp3) is 0.111. The number of aryl methyl sites for hydroxylation is 2. The number of aromatic nitrogens is 3. The summed E-state index contributed by atoms with van der Waals surface area (Å²) in [5.41, 5.74) is 5.73. The second-order valence-corrected chi connectivity index (χ2v) is 5.40. The smallest absolute Gasteiger partial charge is 0.213 e. The summed E-state index contributed by atoms with van der Waals surface area (Å²) in [6, 6.07) is 14.6. The van der Waals surface area contributed by atoms with Crippen molar-refractivity contribution in [2.24, 2.45) is 7.05 Å². The van der Waals surface area contributed by atoms with Crippen LogP contribution in [0, 0.1) is 6.92 Å². The molecule has 1 aromatic carbocycles. The van der Waals surface area contributed by atoms with E-state index < -0.39 is 0 Å². The van der Waals surface area contributed by atoms with E-state index in [1.165, 1.54) is 22.2 Å². The van der Waals surface area contributed by atoms with Gasteiger partial charge in [-0.2, -0.15) is 0 Å². The minimum absolute atomic E-state index is 0.981. The van der Waals surface area contributed by atoms with E-state index in [1.807, 2.05) is 24.4 Å². The highest BCUT2D eigenvalue weighted by Crippen LogP contribution is 2.29. The molecule has 0 saturated heterocycles. The van der Waals surface area contributed by atoms with Gasteiger partial charge >= 0.3 is 0 Å². The molecule has 0 bridgehead atoms. The minimum atomic E-state index is 0.981. The molecule has 4 rings (SSSR count). The molecule has 3 heterocycles. The number of nitrogens with zero attached hydrogens (tertiary/aromatic N) is 3. The molecule has 0 radical (unpaired) electrons. The zero-order valence-corrected chi connectivity index (χ0v) is 12.1. The molecule has 0 fully saturated rings. The van der Waals surface area contributed by atoms with Crippen LogP contribution in [0.4, 0.5) is 0 Å². The third-order valence-corrected chi connectivity index (χ3v) is 4.00. The van der Waals surface area contributed by atoms with Crippen LogP contribution in [0.1, 0.15) is 5.56 Å². The van der Waals surface area contributed by atoms with Gasteiger partial charge in [-0.3, -0.25) is 0 Å². The van der Waals surface area contributed by atoms with Crippen LogP contribution in [0.25, 0.3) is 27.8 Å². The van der Waals surface area contributed by atoms with Crippen molar-refractivity contribution in [2.45, 2.75) is 6.92 Å². The molecule has 102 valence electrons. The van der Waals surface area contributed by atoms with Crippen molar-refractivity contribution < 1.29 is 4.57 Å². The van der Waals surface area contributed by atoms with Gasteiger partial charge in [-0.15, -0.1) is 0 Å². The minimum Gasteiger partial charge on any atom is -0.308 e. The van der Waals surface area contributed by atoms with E-state index in [-0.39, 0.29) is 0 Å². The largest absolute Gasteiger partial charge is 0.308 e. The summed E-state index contributed by atoms with van der Waals surface area (Å²) in [6.45, 7) is 2.15. The van der Waals surface area contributed by atoms with E-state index in [9.17, 15) is 0 Å². The van der Waals surface area contributed by atoms with Crippen LogP contribution in [-0.2, 0) is 7.05 Å². The standard InChI is InChI=1S/C18H16N3/c1-13-8-9-15-14(12-21-11-5-7-17(21)19-15)18(13)16-6-3-4-10-20(16)2/h3-12H,1-2H3/q+1. The summed E-state index contributed by atoms with van der Waals surface area (Å²) in [7, 11) is 2.08. The maximum absolute atomic E-state index is 4.75. The highest BCUT2D eigenvalue weighted by molar-refractivity contribution is 5.95. The summed E-state index contributed by atoms with van der Waals surface area (Å²) < 4.78 is 4.23. The van der Waals surface area contributed by atoms with Gasteiger partial charge < -0.3 is 4.40 Å². The summed E-state index contributed by atoms with van der Waals surface area (Å²) in [4.78, 5) is 4.75. The molecule has 3 aromatic heterocycles. The van der Waals surface area contributed by atoms with Gasteiger partial charge in [0.2, 0.25) is 5.69 Å². The molecule has 0 spiro atoms. The van der Waals surface area contributed by atoms with Crippen LogP contribution in [0.5, 0.6) is 0 Å². The van der Waals surface area contributed by atoms with Crippen molar-refractivity contribution in [3.05, 3.63) is 66.6 Å². The Balaban J connectivity index is 2.16. The number of benzene rings is 1. The zero-order chi connectivity index (χ0) is 14.4. The van der Waals surface area contributed by atoms with Crippen LogP contribution in [-0.4, -0.2) is 9.38 Å². The average molecular weight is 274 g/mol. The lowest BCUT2D eigenvalue weighted by molar-refractivity contribution is -0.660. The lowest BCUT2D eigenvalue weighted by Crippen LogP contribution is -2.30. The Hall–Kier alpha value is -2.68. The first-order valence-electron chi connectivity index (χ1n) is 7.06. The van der Waals surface area contributed by atoms with Gasteiger partial charge in [0.25, 0.3) is 0 Å². The van der Waals surface area contributed by atoms with Crippen molar-refractivity contribution in [2.75, 3.05) is 0 Å². The van der Waals surface area contributed by atoms with Crippen LogP contribution in [0.2, 0.25) is 0 Å². The first-order valence-corrected chi connectivity index (χ1v) is 7.06. The van der Waals surface area contributed by atoms with Crippen molar-refractivity contribution in [3.63, 3.8) is 0 Å². The topological polar surface area (TPSA) is 21.2 Å². The first kappa shape index (κ1) is 12.1. The van der Waals surface area contributed by atoms with Gasteiger partial charge in [0.1, 0.15) is 12.7 Å². The quantitative estimate of drug-likeness (QED) is 0.488. The predicted octanol–water partition coefficient (Wildman–Crippen LogP) is 3.29. The van der Waals surface area contributed by atoms with Crippen LogP contribution in [0.15, 0.2) is 61.1 Å². The number of rotatable bonds is 1. The number of hydrogen-bond acceptors (Lipinski definition) is 1. The van der Waals surface area contributed by atoms with Crippen molar-refractivity contribution in [3.8, 4) is 11.3 Å². The molecule has 0 aliphatic heterocycles. The number of hydrogen-bond donors (Lipinski definition) is 0. The molecule has 21 heavy (non-hydrogen) atoms. The molecular formula is C18H16N3+. The molecule has 0 aliphatic rings. The van der Waals surface area contributed by atoms with E-state index in [2.05, 4.69) is 59.6 Å². The van der Waals surface area contributed by atoms with Crippen LogP contribution < -0.4 is 4.57 Å². The summed E-state index contributed by atoms with van der Waals surface area (Å²) >= 11 is 0.